The van der Waals surface area contributed by atoms with Gasteiger partial charge in [-0.25, -0.2) is 4.98 Å². The Kier molecular flexibility index (Phi) is 2.87. The summed E-state index contributed by atoms with van der Waals surface area (Å²) < 4.78 is 6.42. The maximum atomic E-state index is 6.04. The van der Waals surface area contributed by atoms with Crippen LogP contribution in [0.4, 0.5) is 5.69 Å². The Labute approximate surface area is 115 Å². The second-order valence-electron chi connectivity index (χ2n) is 4.44. The van der Waals surface area contributed by atoms with Crippen LogP contribution in [0.3, 0.4) is 0 Å². The zero-order valence-corrected chi connectivity index (χ0v) is 11.6. The van der Waals surface area contributed by atoms with Gasteiger partial charge in [-0.3, -0.25) is 0 Å². The van der Waals surface area contributed by atoms with Gasteiger partial charge in [0.25, 0.3) is 0 Å². The normalized spacial score (nSPS) is 10.8. The van der Waals surface area contributed by atoms with Crippen LogP contribution in [-0.2, 0) is 0 Å². The fourth-order valence-corrected chi connectivity index (χ4v) is 3.10. The Hall–Kier alpha value is -2.07. The van der Waals surface area contributed by atoms with Crippen molar-refractivity contribution in [3.05, 3.63) is 42.0 Å². The molecule has 0 amide bonds. The summed E-state index contributed by atoms with van der Waals surface area (Å²) in [5, 5.41) is 0.928. The molecule has 1 heterocycles. The van der Waals surface area contributed by atoms with E-state index >= 15 is 0 Å². The van der Waals surface area contributed by atoms with Gasteiger partial charge in [0.05, 0.1) is 17.3 Å². The number of nitrogen functional groups attached to an aromatic ring is 1. The number of nitrogens with zero attached hydrogens (tertiary/aromatic N) is 1. The molecule has 0 radical (unpaired) electrons. The highest BCUT2D eigenvalue weighted by atomic mass is 32.1. The lowest BCUT2D eigenvalue weighted by atomic mass is 10.2. The highest BCUT2D eigenvalue weighted by Crippen LogP contribution is 2.35. The van der Waals surface area contributed by atoms with E-state index in [9.17, 15) is 0 Å². The van der Waals surface area contributed by atoms with Gasteiger partial charge in [0, 0.05) is 11.3 Å². The molecule has 0 aliphatic rings. The standard InChI is InChI=1S/C15H14N2OS/c1-9-3-6-13-14(7-9)19-15(17-13)11-8-10(18-2)4-5-12(11)16/h3-8H,16H2,1-2H3. The van der Waals surface area contributed by atoms with E-state index < -0.39 is 0 Å². The SMILES string of the molecule is COc1ccc(N)c(-c2nc3ccc(C)cc3s2)c1. The summed E-state index contributed by atoms with van der Waals surface area (Å²) >= 11 is 1.65. The van der Waals surface area contributed by atoms with Gasteiger partial charge in [-0.15, -0.1) is 11.3 Å². The van der Waals surface area contributed by atoms with Crippen molar-refractivity contribution in [3.63, 3.8) is 0 Å². The molecule has 0 saturated heterocycles. The Morgan fingerprint density at radius 1 is 1.16 bits per heavy atom. The molecule has 0 aliphatic carbocycles. The lowest BCUT2D eigenvalue weighted by molar-refractivity contribution is 0.415. The van der Waals surface area contributed by atoms with Gasteiger partial charge in [0.15, 0.2) is 0 Å². The van der Waals surface area contributed by atoms with Gasteiger partial charge in [0.1, 0.15) is 10.8 Å². The number of anilines is 1. The van der Waals surface area contributed by atoms with E-state index in [0.717, 1.165) is 27.5 Å². The fourth-order valence-electron chi connectivity index (χ4n) is 1.99. The van der Waals surface area contributed by atoms with Crippen LogP contribution in [0.25, 0.3) is 20.8 Å². The number of aromatic nitrogens is 1. The number of methoxy groups -OCH3 is 1. The smallest absolute Gasteiger partial charge is 0.126 e. The van der Waals surface area contributed by atoms with Gasteiger partial charge in [-0.2, -0.15) is 0 Å². The van der Waals surface area contributed by atoms with Crippen molar-refractivity contribution in [2.75, 3.05) is 12.8 Å². The van der Waals surface area contributed by atoms with Gasteiger partial charge in [-0.05, 0) is 42.8 Å². The summed E-state index contributed by atoms with van der Waals surface area (Å²) in [5.41, 5.74) is 9.93. The maximum absolute atomic E-state index is 6.04. The average molecular weight is 270 g/mol. The zero-order chi connectivity index (χ0) is 13.4. The number of rotatable bonds is 2. The number of hydrogen-bond donors (Lipinski definition) is 1. The minimum atomic E-state index is 0.719. The topological polar surface area (TPSA) is 48.1 Å². The zero-order valence-electron chi connectivity index (χ0n) is 10.8. The second-order valence-corrected chi connectivity index (χ2v) is 5.47. The third-order valence-electron chi connectivity index (χ3n) is 3.03. The Morgan fingerprint density at radius 3 is 2.79 bits per heavy atom. The molecule has 1 aromatic heterocycles. The van der Waals surface area contributed by atoms with Gasteiger partial charge >= 0.3 is 0 Å². The van der Waals surface area contributed by atoms with Crippen molar-refractivity contribution in [2.45, 2.75) is 6.92 Å². The molecule has 2 aromatic carbocycles. The first-order chi connectivity index (χ1) is 9.17. The first-order valence-corrected chi connectivity index (χ1v) is 6.80. The highest BCUT2D eigenvalue weighted by Gasteiger charge is 2.10. The van der Waals surface area contributed by atoms with Crippen LogP contribution in [0.2, 0.25) is 0 Å². The van der Waals surface area contributed by atoms with Crippen molar-refractivity contribution in [3.8, 4) is 16.3 Å². The number of fused-ring (bicyclic) bond motifs is 1. The summed E-state index contributed by atoms with van der Waals surface area (Å²) in [4.78, 5) is 4.64. The monoisotopic (exact) mass is 270 g/mol. The van der Waals surface area contributed by atoms with Crippen LogP contribution in [0.1, 0.15) is 5.56 Å². The molecule has 0 bridgehead atoms. The molecule has 0 spiro atoms. The van der Waals surface area contributed by atoms with Crippen LogP contribution in [0.15, 0.2) is 36.4 Å². The molecule has 0 unspecified atom stereocenters. The summed E-state index contributed by atoms with van der Waals surface area (Å²) in [5.74, 6) is 0.791. The highest BCUT2D eigenvalue weighted by molar-refractivity contribution is 7.21. The van der Waals surface area contributed by atoms with E-state index in [2.05, 4.69) is 24.0 Å². The van der Waals surface area contributed by atoms with Gasteiger partial charge in [-0.1, -0.05) is 6.07 Å². The van der Waals surface area contributed by atoms with E-state index in [1.165, 1.54) is 10.3 Å². The van der Waals surface area contributed by atoms with E-state index in [-0.39, 0.29) is 0 Å². The van der Waals surface area contributed by atoms with E-state index in [4.69, 9.17) is 10.5 Å². The van der Waals surface area contributed by atoms with Crippen LogP contribution in [0, 0.1) is 6.92 Å². The minimum absolute atomic E-state index is 0.719. The van der Waals surface area contributed by atoms with Crippen molar-refractivity contribution in [2.24, 2.45) is 0 Å². The molecular formula is C15H14N2OS. The van der Waals surface area contributed by atoms with Crippen molar-refractivity contribution in [1.82, 2.24) is 4.98 Å². The largest absolute Gasteiger partial charge is 0.497 e. The first kappa shape index (κ1) is 12.0. The Balaban J connectivity index is 2.18. The molecule has 4 heteroatoms. The van der Waals surface area contributed by atoms with Crippen LogP contribution in [0.5, 0.6) is 5.75 Å². The number of hydrogen-bond acceptors (Lipinski definition) is 4. The molecule has 2 N–H and O–H groups in total. The average Bonchev–Trinajstić information content (AvgIpc) is 2.82. The fraction of sp³-hybridized carbons (Fsp3) is 0.133. The molecule has 0 aliphatic heterocycles. The van der Waals surface area contributed by atoms with Gasteiger partial charge < -0.3 is 10.5 Å². The van der Waals surface area contributed by atoms with E-state index in [1.807, 2.05) is 24.3 Å². The lowest BCUT2D eigenvalue weighted by Crippen LogP contribution is -1.91. The van der Waals surface area contributed by atoms with Crippen molar-refractivity contribution < 1.29 is 4.74 Å². The second kappa shape index (κ2) is 4.55. The maximum Gasteiger partial charge on any atom is 0.126 e. The number of aryl methyl sites for hydroxylation is 1. The Bertz CT molecular complexity index is 749. The quantitative estimate of drug-likeness (QED) is 0.719. The summed E-state index contributed by atoms with van der Waals surface area (Å²) in [6.45, 7) is 2.08. The van der Waals surface area contributed by atoms with Crippen molar-refractivity contribution >= 4 is 27.2 Å². The third kappa shape index (κ3) is 2.15. The van der Waals surface area contributed by atoms with Crippen LogP contribution >= 0.6 is 11.3 Å². The summed E-state index contributed by atoms with van der Waals surface area (Å²) in [6, 6.07) is 11.9. The predicted molar refractivity (Wildman–Crippen MR) is 80.8 cm³/mol. The van der Waals surface area contributed by atoms with Crippen molar-refractivity contribution in [1.29, 1.82) is 0 Å². The molecule has 0 saturated carbocycles. The van der Waals surface area contributed by atoms with Gasteiger partial charge in [0.2, 0.25) is 0 Å². The molecule has 96 valence electrons. The number of thiazole rings is 1. The predicted octanol–water partition coefficient (Wildman–Crippen LogP) is 3.86. The number of ether oxygens (including phenoxy) is 1. The minimum Gasteiger partial charge on any atom is -0.497 e. The van der Waals surface area contributed by atoms with Crippen LogP contribution in [-0.4, -0.2) is 12.1 Å². The van der Waals surface area contributed by atoms with E-state index in [1.54, 1.807) is 18.4 Å². The molecule has 0 atom stereocenters. The molecule has 0 fully saturated rings. The Morgan fingerprint density at radius 2 is 2.00 bits per heavy atom. The number of nitrogens with two attached hydrogens (primary N) is 1. The lowest BCUT2D eigenvalue weighted by Gasteiger charge is -2.05. The van der Waals surface area contributed by atoms with E-state index in [0.29, 0.717) is 0 Å². The molecule has 3 rings (SSSR count). The summed E-state index contributed by atoms with van der Waals surface area (Å²) in [7, 11) is 1.65. The van der Waals surface area contributed by atoms with Crippen LogP contribution < -0.4 is 10.5 Å². The number of benzene rings is 2. The molecule has 3 nitrogen and oxygen atoms in total. The molecule has 19 heavy (non-hydrogen) atoms. The molecule has 3 aromatic rings. The first-order valence-electron chi connectivity index (χ1n) is 5.98. The third-order valence-corrected chi connectivity index (χ3v) is 4.09. The molecular weight excluding hydrogens is 256 g/mol. The summed E-state index contributed by atoms with van der Waals surface area (Å²) in [6.07, 6.45) is 0.